The van der Waals surface area contributed by atoms with Gasteiger partial charge in [-0.25, -0.2) is 0 Å². The molecule has 1 fully saturated rings. The second-order valence-corrected chi connectivity index (χ2v) is 6.48. The van der Waals surface area contributed by atoms with Crippen LogP contribution in [0.3, 0.4) is 0 Å². The van der Waals surface area contributed by atoms with Crippen LogP contribution in [0.4, 0.5) is 0 Å². The van der Waals surface area contributed by atoms with Crippen molar-refractivity contribution in [3.8, 4) is 11.8 Å². The van der Waals surface area contributed by atoms with E-state index >= 15 is 0 Å². The molecule has 21 heavy (non-hydrogen) atoms. The average Bonchev–Trinajstić information content (AvgIpc) is 2.44. The number of amides is 1. The molecule has 3 nitrogen and oxygen atoms in total. The van der Waals surface area contributed by atoms with Crippen molar-refractivity contribution < 1.29 is 9.90 Å². The summed E-state index contributed by atoms with van der Waals surface area (Å²) in [5.74, 6) is 5.64. The summed E-state index contributed by atoms with van der Waals surface area (Å²) in [5.41, 5.74) is 2.76. The molecular weight excluding hydrogens is 262 g/mol. The number of aliphatic hydroxyl groups excluding tert-OH is 1. The Labute approximate surface area is 127 Å². The van der Waals surface area contributed by atoms with Gasteiger partial charge in [0.25, 0.3) is 5.91 Å². The van der Waals surface area contributed by atoms with Crippen LogP contribution in [0.5, 0.6) is 0 Å². The first-order valence-corrected chi connectivity index (χ1v) is 7.43. The van der Waals surface area contributed by atoms with E-state index in [0.29, 0.717) is 0 Å². The van der Waals surface area contributed by atoms with Gasteiger partial charge in [0, 0.05) is 24.2 Å². The highest BCUT2D eigenvalue weighted by molar-refractivity contribution is 5.94. The third-order valence-electron chi connectivity index (χ3n) is 3.96. The van der Waals surface area contributed by atoms with E-state index in [4.69, 9.17) is 5.11 Å². The van der Waals surface area contributed by atoms with Crippen molar-refractivity contribution in [3.05, 3.63) is 34.9 Å². The lowest BCUT2D eigenvalue weighted by atomic mass is 9.84. The molecule has 1 saturated heterocycles. The maximum Gasteiger partial charge on any atom is 0.253 e. The number of piperidine rings is 1. The summed E-state index contributed by atoms with van der Waals surface area (Å²) in [4.78, 5) is 14.6. The van der Waals surface area contributed by atoms with Crippen molar-refractivity contribution in [3.63, 3.8) is 0 Å². The number of aliphatic hydroxyl groups is 1. The average molecular weight is 285 g/mol. The minimum absolute atomic E-state index is 0.104. The van der Waals surface area contributed by atoms with Crippen LogP contribution >= 0.6 is 0 Å². The van der Waals surface area contributed by atoms with Gasteiger partial charge in [-0.15, -0.1) is 0 Å². The van der Waals surface area contributed by atoms with E-state index in [1.165, 1.54) is 6.42 Å². The first-order chi connectivity index (χ1) is 9.93. The van der Waals surface area contributed by atoms with Gasteiger partial charge in [0.1, 0.15) is 6.61 Å². The lowest BCUT2D eigenvalue weighted by Gasteiger charge is -2.38. The molecule has 1 aliphatic heterocycles. The molecule has 1 aromatic carbocycles. The molecule has 1 N–H and O–H groups in total. The van der Waals surface area contributed by atoms with Gasteiger partial charge in [-0.2, -0.15) is 0 Å². The molecule has 0 unspecified atom stereocenters. The number of benzene rings is 1. The SMILES string of the molecule is Cc1cc(C(=O)N2CCCC(C)(C)C2)ccc1C#CCO. The van der Waals surface area contributed by atoms with Crippen LogP contribution < -0.4 is 0 Å². The lowest BCUT2D eigenvalue weighted by Crippen LogP contribution is -2.43. The van der Waals surface area contributed by atoms with Crippen LogP contribution in [-0.2, 0) is 0 Å². The number of rotatable bonds is 1. The molecule has 0 aromatic heterocycles. The van der Waals surface area contributed by atoms with Crippen LogP contribution in [0.1, 0.15) is 48.2 Å². The van der Waals surface area contributed by atoms with Gasteiger partial charge in [0.2, 0.25) is 0 Å². The van der Waals surface area contributed by atoms with Crippen LogP contribution in [0.25, 0.3) is 0 Å². The van der Waals surface area contributed by atoms with Crippen molar-refractivity contribution in [1.29, 1.82) is 0 Å². The molecule has 1 amide bonds. The topological polar surface area (TPSA) is 40.5 Å². The Hall–Kier alpha value is -1.79. The summed E-state index contributed by atoms with van der Waals surface area (Å²) in [6.45, 7) is 7.88. The highest BCUT2D eigenvalue weighted by Gasteiger charge is 2.29. The standard InChI is InChI=1S/C18H23NO2/c1-14-12-16(8-7-15(14)6-4-11-20)17(21)19-10-5-9-18(2,3)13-19/h7-8,12,20H,5,9-11,13H2,1-3H3. The van der Waals surface area contributed by atoms with E-state index in [1.54, 1.807) is 0 Å². The molecule has 1 aliphatic rings. The van der Waals surface area contributed by atoms with E-state index in [9.17, 15) is 4.79 Å². The fraction of sp³-hybridized carbons (Fsp3) is 0.500. The summed E-state index contributed by atoms with van der Waals surface area (Å²) in [7, 11) is 0. The molecule has 2 rings (SSSR count). The van der Waals surface area contributed by atoms with Crippen molar-refractivity contribution in [2.24, 2.45) is 5.41 Å². The molecule has 1 aromatic rings. The third-order valence-corrected chi connectivity index (χ3v) is 3.96. The number of nitrogens with zero attached hydrogens (tertiary/aromatic N) is 1. The zero-order valence-corrected chi connectivity index (χ0v) is 13.1. The van der Waals surface area contributed by atoms with Crippen LogP contribution in [0.15, 0.2) is 18.2 Å². The Balaban J connectivity index is 2.18. The maximum atomic E-state index is 12.6. The molecule has 0 atom stereocenters. The van der Waals surface area contributed by atoms with Gasteiger partial charge < -0.3 is 10.0 Å². The number of aryl methyl sites for hydroxylation is 1. The number of likely N-dealkylation sites (tertiary alicyclic amines) is 1. The van der Waals surface area contributed by atoms with E-state index in [1.807, 2.05) is 30.0 Å². The zero-order chi connectivity index (χ0) is 15.5. The summed E-state index contributed by atoms with van der Waals surface area (Å²) in [6, 6.07) is 5.59. The molecule has 0 bridgehead atoms. The number of carbonyl (C=O) groups excluding carboxylic acids is 1. The quantitative estimate of drug-likeness (QED) is 0.806. The fourth-order valence-electron chi connectivity index (χ4n) is 2.85. The molecule has 0 aliphatic carbocycles. The highest BCUT2D eigenvalue weighted by atomic mass is 16.2. The van der Waals surface area contributed by atoms with E-state index in [2.05, 4.69) is 25.7 Å². The monoisotopic (exact) mass is 285 g/mol. The minimum atomic E-state index is -0.150. The van der Waals surface area contributed by atoms with Crippen molar-refractivity contribution in [2.45, 2.75) is 33.6 Å². The third kappa shape index (κ3) is 3.86. The Morgan fingerprint density at radius 3 is 2.81 bits per heavy atom. The molecule has 0 saturated carbocycles. The summed E-state index contributed by atoms with van der Waals surface area (Å²) in [6.07, 6.45) is 2.24. The molecule has 1 heterocycles. The van der Waals surface area contributed by atoms with E-state index in [-0.39, 0.29) is 17.9 Å². The Morgan fingerprint density at radius 1 is 1.43 bits per heavy atom. The Kier molecular flexibility index (Phi) is 4.69. The Morgan fingerprint density at radius 2 is 2.19 bits per heavy atom. The van der Waals surface area contributed by atoms with E-state index in [0.717, 1.165) is 36.2 Å². The predicted octanol–water partition coefficient (Wildman–Crippen LogP) is 2.60. The molecular formula is C18H23NO2. The number of carbonyl (C=O) groups is 1. The maximum absolute atomic E-state index is 12.6. The van der Waals surface area contributed by atoms with Crippen LogP contribution in [0.2, 0.25) is 0 Å². The summed E-state index contributed by atoms with van der Waals surface area (Å²) < 4.78 is 0. The van der Waals surface area contributed by atoms with Gasteiger partial charge in [-0.05, 0) is 48.9 Å². The van der Waals surface area contributed by atoms with Crippen molar-refractivity contribution in [2.75, 3.05) is 19.7 Å². The van der Waals surface area contributed by atoms with Crippen molar-refractivity contribution in [1.82, 2.24) is 4.90 Å². The van der Waals surface area contributed by atoms with Crippen LogP contribution in [0, 0.1) is 24.2 Å². The molecule has 112 valence electrons. The first kappa shape index (κ1) is 15.6. The first-order valence-electron chi connectivity index (χ1n) is 7.43. The molecule has 3 heteroatoms. The fourth-order valence-corrected chi connectivity index (χ4v) is 2.85. The summed E-state index contributed by atoms with van der Waals surface area (Å²) in [5, 5.41) is 8.75. The van der Waals surface area contributed by atoms with Crippen molar-refractivity contribution >= 4 is 5.91 Å². The predicted molar refractivity (Wildman–Crippen MR) is 84.1 cm³/mol. The normalized spacial score (nSPS) is 17.0. The molecule has 0 radical (unpaired) electrons. The minimum Gasteiger partial charge on any atom is -0.384 e. The van der Waals surface area contributed by atoms with Gasteiger partial charge >= 0.3 is 0 Å². The van der Waals surface area contributed by atoms with Crippen LogP contribution in [-0.4, -0.2) is 35.6 Å². The number of hydrogen-bond acceptors (Lipinski definition) is 2. The van der Waals surface area contributed by atoms with Gasteiger partial charge in [-0.1, -0.05) is 25.7 Å². The van der Waals surface area contributed by atoms with Gasteiger partial charge in [0.05, 0.1) is 0 Å². The molecule has 0 spiro atoms. The smallest absolute Gasteiger partial charge is 0.253 e. The van der Waals surface area contributed by atoms with Gasteiger partial charge in [-0.3, -0.25) is 4.79 Å². The summed E-state index contributed by atoms with van der Waals surface area (Å²) >= 11 is 0. The van der Waals surface area contributed by atoms with Gasteiger partial charge in [0.15, 0.2) is 0 Å². The Bertz CT molecular complexity index is 593. The lowest BCUT2D eigenvalue weighted by molar-refractivity contribution is 0.0583. The zero-order valence-electron chi connectivity index (χ0n) is 13.1. The largest absolute Gasteiger partial charge is 0.384 e. The highest BCUT2D eigenvalue weighted by Crippen LogP contribution is 2.29. The number of hydrogen-bond donors (Lipinski definition) is 1. The van der Waals surface area contributed by atoms with E-state index < -0.39 is 0 Å². The second kappa shape index (κ2) is 6.32. The second-order valence-electron chi connectivity index (χ2n) is 6.48.